The Kier molecular flexibility index (Phi) is 4.48. The molecule has 1 rings (SSSR count). The van der Waals surface area contributed by atoms with Crippen molar-refractivity contribution < 1.29 is 4.79 Å². The second-order valence-electron chi connectivity index (χ2n) is 2.84. The van der Waals surface area contributed by atoms with E-state index < -0.39 is 0 Å². The first-order valence-electron chi connectivity index (χ1n) is 4.22. The van der Waals surface area contributed by atoms with Crippen LogP contribution in [0.25, 0.3) is 0 Å². The van der Waals surface area contributed by atoms with Crippen LogP contribution in [0.15, 0.2) is 29.2 Å². The van der Waals surface area contributed by atoms with Crippen LogP contribution in [-0.2, 0) is 4.79 Å². The number of hydrogen-bond acceptors (Lipinski definition) is 2. The zero-order valence-electron chi connectivity index (χ0n) is 8.08. The van der Waals surface area contributed by atoms with Gasteiger partial charge in [-0.2, -0.15) is 0 Å². The Morgan fingerprint density at radius 2 is 2.29 bits per heavy atom. The van der Waals surface area contributed by atoms with E-state index in [0.717, 1.165) is 10.6 Å². The summed E-state index contributed by atoms with van der Waals surface area (Å²) in [6.45, 7) is 1.80. The standard InChI is InChI=1S/C10H12BrNOS/c1-7(11)10(13)12-8-4-3-5-9(6-8)14-2/h3-7H,1-2H3,(H,12,13)/t7-/m1/s1. The van der Waals surface area contributed by atoms with Crippen molar-refractivity contribution in [3.8, 4) is 0 Å². The summed E-state index contributed by atoms with van der Waals surface area (Å²) in [5.74, 6) is -0.0248. The van der Waals surface area contributed by atoms with Crippen LogP contribution in [0.1, 0.15) is 6.92 Å². The number of rotatable bonds is 3. The number of carbonyl (C=O) groups excluding carboxylic acids is 1. The molecule has 14 heavy (non-hydrogen) atoms. The summed E-state index contributed by atoms with van der Waals surface area (Å²) in [5.41, 5.74) is 0.841. The highest BCUT2D eigenvalue weighted by Gasteiger charge is 2.08. The van der Waals surface area contributed by atoms with Crippen molar-refractivity contribution in [3.63, 3.8) is 0 Å². The summed E-state index contributed by atoms with van der Waals surface area (Å²) in [7, 11) is 0. The van der Waals surface area contributed by atoms with Crippen LogP contribution in [0.2, 0.25) is 0 Å². The Bertz CT molecular complexity index is 328. The van der Waals surface area contributed by atoms with E-state index in [1.807, 2.05) is 30.5 Å². The zero-order valence-corrected chi connectivity index (χ0v) is 10.5. The van der Waals surface area contributed by atoms with Crippen LogP contribution in [0.3, 0.4) is 0 Å². The molecule has 0 spiro atoms. The van der Waals surface area contributed by atoms with E-state index in [4.69, 9.17) is 0 Å². The minimum absolute atomic E-state index is 0.0248. The molecule has 0 saturated heterocycles. The minimum atomic E-state index is -0.166. The number of anilines is 1. The number of nitrogens with one attached hydrogen (secondary N) is 1. The van der Waals surface area contributed by atoms with Gasteiger partial charge in [0.05, 0.1) is 4.83 Å². The number of halogens is 1. The molecule has 0 heterocycles. The van der Waals surface area contributed by atoms with Gasteiger partial charge in [-0.3, -0.25) is 4.79 Å². The van der Waals surface area contributed by atoms with E-state index in [1.54, 1.807) is 18.7 Å². The van der Waals surface area contributed by atoms with Gasteiger partial charge in [0.2, 0.25) is 5.91 Å². The second kappa shape index (κ2) is 5.41. The van der Waals surface area contributed by atoms with Crippen molar-refractivity contribution in [3.05, 3.63) is 24.3 Å². The fourth-order valence-corrected chi connectivity index (χ4v) is 1.52. The summed E-state index contributed by atoms with van der Waals surface area (Å²) < 4.78 is 0. The average molecular weight is 274 g/mol. The molecule has 76 valence electrons. The topological polar surface area (TPSA) is 29.1 Å². The number of hydrogen-bond donors (Lipinski definition) is 1. The summed E-state index contributed by atoms with van der Waals surface area (Å²) in [4.78, 5) is 12.3. The molecule has 0 aliphatic carbocycles. The molecule has 0 saturated carbocycles. The summed E-state index contributed by atoms with van der Waals surface area (Å²) in [5, 5.41) is 2.82. The molecule has 0 bridgehead atoms. The zero-order chi connectivity index (χ0) is 10.6. The molecule has 0 aliphatic rings. The highest BCUT2D eigenvalue weighted by molar-refractivity contribution is 9.10. The summed E-state index contributed by atoms with van der Waals surface area (Å²) in [6, 6.07) is 7.78. The van der Waals surface area contributed by atoms with E-state index in [1.165, 1.54) is 0 Å². The van der Waals surface area contributed by atoms with Gasteiger partial charge in [0.1, 0.15) is 0 Å². The van der Waals surface area contributed by atoms with Gasteiger partial charge < -0.3 is 5.32 Å². The lowest BCUT2D eigenvalue weighted by Crippen LogP contribution is -2.19. The Morgan fingerprint density at radius 1 is 1.57 bits per heavy atom. The highest BCUT2D eigenvalue weighted by Crippen LogP contribution is 2.19. The first kappa shape index (κ1) is 11.6. The molecule has 1 N–H and O–H groups in total. The Morgan fingerprint density at radius 3 is 2.86 bits per heavy atom. The summed E-state index contributed by atoms with van der Waals surface area (Å²) >= 11 is 4.87. The highest BCUT2D eigenvalue weighted by atomic mass is 79.9. The van der Waals surface area contributed by atoms with Gasteiger partial charge in [0, 0.05) is 10.6 Å². The predicted molar refractivity (Wildman–Crippen MR) is 65.2 cm³/mol. The third-order valence-corrected chi connectivity index (χ3v) is 2.84. The normalized spacial score (nSPS) is 12.2. The van der Waals surface area contributed by atoms with Crippen LogP contribution in [-0.4, -0.2) is 17.0 Å². The van der Waals surface area contributed by atoms with Gasteiger partial charge >= 0.3 is 0 Å². The summed E-state index contributed by atoms with van der Waals surface area (Å²) in [6.07, 6.45) is 2.01. The maximum Gasteiger partial charge on any atom is 0.237 e. The first-order chi connectivity index (χ1) is 6.63. The number of alkyl halides is 1. The van der Waals surface area contributed by atoms with E-state index in [0.29, 0.717) is 0 Å². The molecule has 0 fully saturated rings. The van der Waals surface area contributed by atoms with Crippen molar-refractivity contribution >= 4 is 39.3 Å². The first-order valence-corrected chi connectivity index (χ1v) is 6.36. The third-order valence-electron chi connectivity index (χ3n) is 1.70. The van der Waals surface area contributed by atoms with Gasteiger partial charge in [-0.15, -0.1) is 11.8 Å². The molecule has 1 aromatic carbocycles. The van der Waals surface area contributed by atoms with Crippen molar-refractivity contribution in [2.75, 3.05) is 11.6 Å². The molecule has 1 aromatic rings. The van der Waals surface area contributed by atoms with Gasteiger partial charge in [-0.25, -0.2) is 0 Å². The average Bonchev–Trinajstić information content (AvgIpc) is 2.18. The largest absolute Gasteiger partial charge is 0.325 e. The Hall–Kier alpha value is -0.480. The van der Waals surface area contributed by atoms with Gasteiger partial charge in [0.15, 0.2) is 0 Å². The predicted octanol–water partition coefficient (Wildman–Crippen LogP) is 3.13. The van der Waals surface area contributed by atoms with E-state index in [2.05, 4.69) is 21.2 Å². The monoisotopic (exact) mass is 273 g/mol. The molecule has 0 unspecified atom stereocenters. The van der Waals surface area contributed by atoms with E-state index in [-0.39, 0.29) is 10.7 Å². The molecular formula is C10H12BrNOS. The number of carbonyl (C=O) groups is 1. The van der Waals surface area contributed by atoms with E-state index in [9.17, 15) is 4.79 Å². The van der Waals surface area contributed by atoms with Crippen molar-refractivity contribution in [2.24, 2.45) is 0 Å². The van der Waals surface area contributed by atoms with Gasteiger partial charge in [0.25, 0.3) is 0 Å². The number of benzene rings is 1. The van der Waals surface area contributed by atoms with Crippen LogP contribution in [0.5, 0.6) is 0 Å². The Labute approximate surface area is 96.6 Å². The van der Waals surface area contributed by atoms with Crippen molar-refractivity contribution in [1.29, 1.82) is 0 Å². The molecule has 4 heteroatoms. The minimum Gasteiger partial charge on any atom is -0.325 e. The quantitative estimate of drug-likeness (QED) is 0.677. The molecule has 1 atom stereocenters. The fourth-order valence-electron chi connectivity index (χ4n) is 0.943. The van der Waals surface area contributed by atoms with Crippen molar-refractivity contribution in [1.82, 2.24) is 0 Å². The lowest BCUT2D eigenvalue weighted by atomic mass is 10.3. The van der Waals surface area contributed by atoms with Gasteiger partial charge in [-0.05, 0) is 31.4 Å². The lowest BCUT2D eigenvalue weighted by Gasteiger charge is -2.07. The maximum atomic E-state index is 11.3. The molecule has 0 radical (unpaired) electrons. The van der Waals surface area contributed by atoms with Crippen LogP contribution < -0.4 is 5.32 Å². The second-order valence-corrected chi connectivity index (χ2v) is 5.09. The van der Waals surface area contributed by atoms with Crippen LogP contribution in [0.4, 0.5) is 5.69 Å². The van der Waals surface area contributed by atoms with E-state index >= 15 is 0 Å². The lowest BCUT2D eigenvalue weighted by molar-refractivity contribution is -0.115. The molecule has 1 amide bonds. The van der Waals surface area contributed by atoms with Gasteiger partial charge in [-0.1, -0.05) is 22.0 Å². The number of thioether (sulfide) groups is 1. The molecule has 2 nitrogen and oxygen atoms in total. The molecule has 0 aliphatic heterocycles. The van der Waals surface area contributed by atoms with Crippen LogP contribution in [0, 0.1) is 0 Å². The number of amides is 1. The fraction of sp³-hybridized carbons (Fsp3) is 0.300. The SMILES string of the molecule is CSc1cccc(NC(=O)[C@@H](C)Br)c1. The smallest absolute Gasteiger partial charge is 0.237 e. The third kappa shape index (κ3) is 3.35. The maximum absolute atomic E-state index is 11.3. The molecule has 0 aromatic heterocycles. The van der Waals surface area contributed by atoms with Crippen molar-refractivity contribution in [2.45, 2.75) is 16.6 Å². The molecular weight excluding hydrogens is 262 g/mol. The van der Waals surface area contributed by atoms with Crippen LogP contribution >= 0.6 is 27.7 Å². The Balaban J connectivity index is 2.72.